The molecule has 0 aliphatic carbocycles. The molecule has 1 aliphatic rings. The zero-order chi connectivity index (χ0) is 13.2. The lowest BCUT2D eigenvalue weighted by Crippen LogP contribution is -2.21. The summed E-state index contributed by atoms with van der Waals surface area (Å²) in [6, 6.07) is 8.54. The lowest BCUT2D eigenvalue weighted by atomic mass is 9.90. The second kappa shape index (κ2) is 5.63. The molecule has 100 valence electrons. The number of hydrogen-bond acceptors (Lipinski definition) is 1. The van der Waals surface area contributed by atoms with E-state index in [4.69, 9.17) is 16.3 Å². The summed E-state index contributed by atoms with van der Waals surface area (Å²) in [7, 11) is 0. The van der Waals surface area contributed by atoms with Gasteiger partial charge in [0, 0.05) is 11.8 Å². The average molecular weight is 267 g/mol. The zero-order valence-corrected chi connectivity index (χ0v) is 12.3. The van der Waals surface area contributed by atoms with Crippen LogP contribution in [0.3, 0.4) is 0 Å². The van der Waals surface area contributed by atoms with Crippen molar-refractivity contribution in [1.29, 1.82) is 0 Å². The summed E-state index contributed by atoms with van der Waals surface area (Å²) in [6.45, 7) is 6.52. The smallest absolute Gasteiger partial charge is 0.0631 e. The molecule has 1 aliphatic heterocycles. The lowest BCUT2D eigenvalue weighted by molar-refractivity contribution is -0.0202. The summed E-state index contributed by atoms with van der Waals surface area (Å²) in [5.41, 5.74) is 2.76. The van der Waals surface area contributed by atoms with Crippen molar-refractivity contribution < 1.29 is 4.74 Å². The summed E-state index contributed by atoms with van der Waals surface area (Å²) < 4.78 is 6.08. The van der Waals surface area contributed by atoms with Crippen LogP contribution in [0.4, 0.5) is 0 Å². The summed E-state index contributed by atoms with van der Waals surface area (Å²) in [5, 5.41) is 0. The van der Waals surface area contributed by atoms with Gasteiger partial charge >= 0.3 is 0 Å². The molecule has 1 aromatic rings. The highest BCUT2D eigenvalue weighted by Crippen LogP contribution is 2.35. The van der Waals surface area contributed by atoms with Crippen LogP contribution in [0.2, 0.25) is 0 Å². The minimum absolute atomic E-state index is 0.0489. The highest BCUT2D eigenvalue weighted by atomic mass is 35.5. The van der Waals surface area contributed by atoms with Crippen LogP contribution in [-0.2, 0) is 4.74 Å². The number of benzene rings is 1. The van der Waals surface area contributed by atoms with Crippen molar-refractivity contribution in [2.24, 2.45) is 0 Å². The summed E-state index contributed by atoms with van der Waals surface area (Å²) in [6.07, 6.45) is 3.72. The van der Waals surface area contributed by atoms with Gasteiger partial charge in [-0.05, 0) is 51.2 Å². The van der Waals surface area contributed by atoms with Crippen molar-refractivity contribution in [1.82, 2.24) is 0 Å². The van der Waals surface area contributed by atoms with Crippen molar-refractivity contribution in [3.05, 3.63) is 35.4 Å². The Balaban J connectivity index is 2.05. The number of halogens is 1. The van der Waals surface area contributed by atoms with Gasteiger partial charge in [-0.15, -0.1) is 11.6 Å². The van der Waals surface area contributed by atoms with Crippen LogP contribution < -0.4 is 0 Å². The summed E-state index contributed by atoms with van der Waals surface area (Å²) >= 11 is 6.17. The third-order valence-corrected chi connectivity index (χ3v) is 4.29. The molecule has 0 radical (unpaired) electrons. The van der Waals surface area contributed by atoms with Crippen LogP contribution >= 0.6 is 11.6 Å². The Hall–Kier alpha value is -0.530. The van der Waals surface area contributed by atoms with Crippen molar-refractivity contribution in [3.63, 3.8) is 0 Å². The molecule has 2 heteroatoms. The fourth-order valence-electron chi connectivity index (χ4n) is 2.88. The van der Waals surface area contributed by atoms with Crippen LogP contribution in [-0.4, -0.2) is 17.6 Å². The molecule has 2 unspecified atom stereocenters. The Labute approximate surface area is 115 Å². The van der Waals surface area contributed by atoms with Gasteiger partial charge in [0.25, 0.3) is 0 Å². The first-order valence-electron chi connectivity index (χ1n) is 6.81. The number of aryl methyl sites for hydroxylation is 1. The number of hydrogen-bond donors (Lipinski definition) is 0. The Morgan fingerprint density at radius 3 is 2.67 bits per heavy atom. The normalized spacial score (nSPS) is 24.1. The van der Waals surface area contributed by atoms with E-state index in [2.05, 4.69) is 45.0 Å². The van der Waals surface area contributed by atoms with Gasteiger partial charge in [0.1, 0.15) is 0 Å². The predicted molar refractivity (Wildman–Crippen MR) is 77.4 cm³/mol. The molecule has 0 saturated carbocycles. The van der Waals surface area contributed by atoms with E-state index in [-0.39, 0.29) is 5.60 Å². The van der Waals surface area contributed by atoms with Crippen LogP contribution in [0.25, 0.3) is 0 Å². The van der Waals surface area contributed by atoms with E-state index in [1.165, 1.54) is 11.1 Å². The van der Waals surface area contributed by atoms with Crippen LogP contribution in [0.5, 0.6) is 0 Å². The molecule has 1 nitrogen and oxygen atoms in total. The average Bonchev–Trinajstić information content (AvgIpc) is 2.67. The maximum Gasteiger partial charge on any atom is 0.0631 e. The summed E-state index contributed by atoms with van der Waals surface area (Å²) in [5.74, 6) is 1.08. The SMILES string of the molecule is Cc1ccccc1C(CCl)CC1CCC(C)(C)O1. The molecule has 18 heavy (non-hydrogen) atoms. The van der Waals surface area contributed by atoms with E-state index in [0.29, 0.717) is 17.9 Å². The fourth-order valence-corrected chi connectivity index (χ4v) is 3.17. The highest BCUT2D eigenvalue weighted by molar-refractivity contribution is 6.18. The first kappa shape index (κ1) is 13.9. The van der Waals surface area contributed by atoms with Gasteiger partial charge in [-0.25, -0.2) is 0 Å². The Kier molecular flexibility index (Phi) is 4.34. The molecule has 1 heterocycles. The van der Waals surface area contributed by atoms with Gasteiger partial charge in [-0.3, -0.25) is 0 Å². The predicted octanol–water partition coefficient (Wildman–Crippen LogP) is 4.67. The quantitative estimate of drug-likeness (QED) is 0.720. The second-order valence-corrected chi connectivity index (χ2v) is 6.29. The van der Waals surface area contributed by atoms with E-state index in [1.807, 2.05) is 0 Å². The van der Waals surface area contributed by atoms with Crippen molar-refractivity contribution in [3.8, 4) is 0 Å². The minimum atomic E-state index is 0.0489. The maximum atomic E-state index is 6.17. The summed E-state index contributed by atoms with van der Waals surface area (Å²) in [4.78, 5) is 0. The molecular formula is C16H23ClO. The Bertz CT molecular complexity index is 400. The van der Waals surface area contributed by atoms with Gasteiger partial charge in [-0.1, -0.05) is 24.3 Å². The van der Waals surface area contributed by atoms with Gasteiger partial charge in [-0.2, -0.15) is 0 Å². The topological polar surface area (TPSA) is 9.23 Å². The van der Waals surface area contributed by atoms with Gasteiger partial charge in [0.15, 0.2) is 0 Å². The maximum absolute atomic E-state index is 6.17. The van der Waals surface area contributed by atoms with E-state index in [1.54, 1.807) is 0 Å². The van der Waals surface area contributed by atoms with Crippen LogP contribution in [0.15, 0.2) is 24.3 Å². The fraction of sp³-hybridized carbons (Fsp3) is 0.625. The van der Waals surface area contributed by atoms with Gasteiger partial charge < -0.3 is 4.74 Å². The molecule has 2 atom stereocenters. The van der Waals surface area contributed by atoms with Crippen molar-refractivity contribution in [2.45, 2.75) is 57.7 Å². The third kappa shape index (κ3) is 3.27. The lowest BCUT2D eigenvalue weighted by Gasteiger charge is -2.23. The Morgan fingerprint density at radius 1 is 1.39 bits per heavy atom. The molecule has 0 spiro atoms. The molecule has 1 aromatic carbocycles. The van der Waals surface area contributed by atoms with Gasteiger partial charge in [0.05, 0.1) is 11.7 Å². The molecule has 1 saturated heterocycles. The third-order valence-electron chi connectivity index (χ3n) is 3.92. The molecule has 0 aromatic heterocycles. The monoisotopic (exact) mass is 266 g/mol. The van der Waals surface area contributed by atoms with E-state index in [0.717, 1.165) is 19.3 Å². The van der Waals surface area contributed by atoms with E-state index < -0.39 is 0 Å². The number of alkyl halides is 1. The number of ether oxygens (including phenoxy) is 1. The standard InChI is InChI=1S/C16H23ClO/c1-12-6-4-5-7-15(12)13(11-17)10-14-8-9-16(2,3)18-14/h4-7,13-14H,8-11H2,1-3H3. The van der Waals surface area contributed by atoms with E-state index in [9.17, 15) is 0 Å². The van der Waals surface area contributed by atoms with Crippen LogP contribution in [0, 0.1) is 6.92 Å². The van der Waals surface area contributed by atoms with Crippen molar-refractivity contribution in [2.75, 3.05) is 5.88 Å². The zero-order valence-electron chi connectivity index (χ0n) is 11.6. The van der Waals surface area contributed by atoms with Gasteiger partial charge in [0.2, 0.25) is 0 Å². The molecule has 0 N–H and O–H groups in total. The first-order valence-corrected chi connectivity index (χ1v) is 7.34. The minimum Gasteiger partial charge on any atom is -0.372 e. The molecular weight excluding hydrogens is 244 g/mol. The van der Waals surface area contributed by atoms with Crippen LogP contribution in [0.1, 0.15) is 50.2 Å². The Morgan fingerprint density at radius 2 is 2.11 bits per heavy atom. The molecule has 0 bridgehead atoms. The molecule has 0 amide bonds. The molecule has 1 fully saturated rings. The molecule has 2 rings (SSSR count). The highest BCUT2D eigenvalue weighted by Gasteiger charge is 2.33. The van der Waals surface area contributed by atoms with E-state index >= 15 is 0 Å². The number of rotatable bonds is 4. The van der Waals surface area contributed by atoms with Crippen molar-refractivity contribution >= 4 is 11.6 Å². The largest absolute Gasteiger partial charge is 0.372 e. The second-order valence-electron chi connectivity index (χ2n) is 5.98. The first-order chi connectivity index (χ1) is 8.52.